The molecular weight excluding hydrogens is 305 g/mol. The molecule has 0 amide bonds. The van der Waals surface area contributed by atoms with Crippen molar-refractivity contribution in [3.05, 3.63) is 77.7 Å². The van der Waals surface area contributed by atoms with Crippen LogP contribution in [0, 0.1) is 12.7 Å². The molecule has 0 unspecified atom stereocenters. The number of rotatable bonds is 2. The summed E-state index contributed by atoms with van der Waals surface area (Å²) in [5.41, 5.74) is 5.76. The molecule has 4 aromatic rings. The Balaban J connectivity index is 1.94. The number of hydrogen-bond acceptors (Lipinski definition) is 2. The summed E-state index contributed by atoms with van der Waals surface area (Å²) in [5.74, 6) is -0.208. The predicted octanol–water partition coefficient (Wildman–Crippen LogP) is 6.08. The van der Waals surface area contributed by atoms with Crippen molar-refractivity contribution in [3.8, 4) is 22.3 Å². The van der Waals surface area contributed by atoms with Crippen LogP contribution in [0.1, 0.15) is 5.56 Å². The van der Waals surface area contributed by atoms with Crippen LogP contribution in [0.3, 0.4) is 0 Å². The van der Waals surface area contributed by atoms with Gasteiger partial charge < -0.3 is 0 Å². The fourth-order valence-corrected chi connectivity index (χ4v) is 3.98. The minimum absolute atomic E-state index is 0.208. The first kappa shape index (κ1) is 14.1. The molecule has 23 heavy (non-hydrogen) atoms. The molecule has 4 rings (SSSR count). The van der Waals surface area contributed by atoms with Gasteiger partial charge in [0.2, 0.25) is 0 Å². The van der Waals surface area contributed by atoms with Crippen molar-refractivity contribution < 1.29 is 4.39 Å². The van der Waals surface area contributed by atoms with Gasteiger partial charge in [-0.3, -0.25) is 4.98 Å². The van der Waals surface area contributed by atoms with Crippen LogP contribution in [-0.4, -0.2) is 4.98 Å². The highest BCUT2D eigenvalue weighted by Crippen LogP contribution is 2.40. The Labute approximate surface area is 138 Å². The maximum Gasteiger partial charge on any atom is 0.123 e. The van der Waals surface area contributed by atoms with E-state index in [9.17, 15) is 4.39 Å². The quantitative estimate of drug-likeness (QED) is 0.436. The average molecular weight is 319 g/mol. The van der Waals surface area contributed by atoms with Gasteiger partial charge in [0, 0.05) is 39.2 Å². The highest BCUT2D eigenvalue weighted by molar-refractivity contribution is 7.18. The Bertz CT molecular complexity index is 986. The molecule has 0 atom stereocenters. The SMILES string of the molecule is Cc1ccncc1-c1cccc2c(-c3ccc(F)cc3)csc12. The lowest BCUT2D eigenvalue weighted by Crippen LogP contribution is -1.85. The van der Waals surface area contributed by atoms with Crippen LogP contribution in [0.5, 0.6) is 0 Å². The van der Waals surface area contributed by atoms with Gasteiger partial charge in [-0.15, -0.1) is 11.3 Å². The minimum atomic E-state index is -0.208. The Hall–Kier alpha value is -2.52. The van der Waals surface area contributed by atoms with E-state index in [1.807, 2.05) is 30.6 Å². The largest absolute Gasteiger partial charge is 0.264 e. The first-order valence-electron chi connectivity index (χ1n) is 7.41. The highest BCUT2D eigenvalue weighted by atomic mass is 32.1. The van der Waals surface area contributed by atoms with Crippen LogP contribution in [0.2, 0.25) is 0 Å². The zero-order valence-corrected chi connectivity index (χ0v) is 13.4. The lowest BCUT2D eigenvalue weighted by atomic mass is 9.98. The van der Waals surface area contributed by atoms with Crippen LogP contribution >= 0.6 is 11.3 Å². The van der Waals surface area contributed by atoms with Crippen molar-refractivity contribution in [2.24, 2.45) is 0 Å². The van der Waals surface area contributed by atoms with Crippen molar-refractivity contribution in [1.82, 2.24) is 4.98 Å². The van der Waals surface area contributed by atoms with Crippen molar-refractivity contribution in [3.63, 3.8) is 0 Å². The normalized spacial score (nSPS) is 11.0. The molecule has 0 radical (unpaired) electrons. The van der Waals surface area contributed by atoms with E-state index in [-0.39, 0.29) is 5.82 Å². The Morgan fingerprint density at radius 1 is 0.913 bits per heavy atom. The molecule has 0 aliphatic rings. The minimum Gasteiger partial charge on any atom is -0.264 e. The van der Waals surface area contributed by atoms with Crippen molar-refractivity contribution in [2.75, 3.05) is 0 Å². The van der Waals surface area contributed by atoms with Crippen molar-refractivity contribution in [2.45, 2.75) is 6.92 Å². The van der Waals surface area contributed by atoms with Crippen LogP contribution < -0.4 is 0 Å². The number of pyridine rings is 1. The standard InChI is InChI=1S/C20H14FNS/c1-13-9-10-22-11-18(13)16-3-2-4-17-19(12-23-20(16)17)14-5-7-15(21)8-6-14/h2-12H,1H3. The molecule has 2 aromatic heterocycles. The maximum atomic E-state index is 13.2. The Morgan fingerprint density at radius 2 is 1.74 bits per heavy atom. The van der Waals surface area contributed by atoms with Gasteiger partial charge in [-0.2, -0.15) is 0 Å². The second-order valence-corrected chi connectivity index (χ2v) is 6.41. The molecule has 0 aliphatic carbocycles. The van der Waals surface area contributed by atoms with E-state index in [2.05, 4.69) is 35.5 Å². The topological polar surface area (TPSA) is 12.9 Å². The van der Waals surface area contributed by atoms with Gasteiger partial charge in [-0.05, 0) is 41.6 Å². The number of aryl methyl sites for hydroxylation is 1. The maximum absolute atomic E-state index is 13.2. The lowest BCUT2D eigenvalue weighted by molar-refractivity contribution is 0.628. The summed E-state index contributed by atoms with van der Waals surface area (Å²) in [6, 6.07) is 15.0. The van der Waals surface area contributed by atoms with Gasteiger partial charge in [-0.1, -0.05) is 30.3 Å². The van der Waals surface area contributed by atoms with E-state index in [1.165, 1.54) is 33.3 Å². The van der Waals surface area contributed by atoms with Gasteiger partial charge in [0.15, 0.2) is 0 Å². The van der Waals surface area contributed by atoms with E-state index in [0.717, 1.165) is 16.7 Å². The number of aromatic nitrogens is 1. The summed E-state index contributed by atoms with van der Waals surface area (Å²) in [6.45, 7) is 2.10. The monoisotopic (exact) mass is 319 g/mol. The third-order valence-corrected chi connectivity index (χ3v) is 5.11. The molecule has 0 N–H and O–H groups in total. The first-order valence-corrected chi connectivity index (χ1v) is 8.29. The molecule has 2 heterocycles. The van der Waals surface area contributed by atoms with E-state index in [0.29, 0.717) is 0 Å². The molecule has 112 valence electrons. The zero-order chi connectivity index (χ0) is 15.8. The first-order chi connectivity index (χ1) is 11.2. The second-order valence-electron chi connectivity index (χ2n) is 5.53. The van der Waals surface area contributed by atoms with Gasteiger partial charge >= 0.3 is 0 Å². The molecule has 0 saturated heterocycles. The van der Waals surface area contributed by atoms with E-state index >= 15 is 0 Å². The summed E-state index contributed by atoms with van der Waals surface area (Å²) in [5, 5.41) is 3.34. The fourth-order valence-electron chi connectivity index (χ4n) is 2.87. The Kier molecular flexibility index (Phi) is 3.43. The third-order valence-electron chi connectivity index (χ3n) is 4.08. The van der Waals surface area contributed by atoms with Gasteiger partial charge in [0.1, 0.15) is 5.82 Å². The molecule has 0 saturated carbocycles. The van der Waals surface area contributed by atoms with Crippen LogP contribution in [0.4, 0.5) is 4.39 Å². The number of hydrogen-bond donors (Lipinski definition) is 0. The molecule has 0 fully saturated rings. The molecule has 0 bridgehead atoms. The van der Waals surface area contributed by atoms with E-state index in [1.54, 1.807) is 11.3 Å². The Morgan fingerprint density at radius 3 is 2.52 bits per heavy atom. The summed E-state index contributed by atoms with van der Waals surface area (Å²) >= 11 is 1.72. The van der Waals surface area contributed by atoms with Crippen LogP contribution in [0.15, 0.2) is 66.3 Å². The number of halogens is 1. The number of thiophene rings is 1. The zero-order valence-electron chi connectivity index (χ0n) is 12.6. The molecule has 0 spiro atoms. The van der Waals surface area contributed by atoms with E-state index in [4.69, 9.17) is 0 Å². The van der Waals surface area contributed by atoms with Crippen molar-refractivity contribution in [1.29, 1.82) is 0 Å². The summed E-state index contributed by atoms with van der Waals surface area (Å²) in [7, 11) is 0. The van der Waals surface area contributed by atoms with E-state index < -0.39 is 0 Å². The molecule has 3 heteroatoms. The van der Waals surface area contributed by atoms with Gasteiger partial charge in [0.25, 0.3) is 0 Å². The summed E-state index contributed by atoms with van der Waals surface area (Å²) in [4.78, 5) is 4.27. The number of nitrogens with zero attached hydrogens (tertiary/aromatic N) is 1. The number of fused-ring (bicyclic) bond motifs is 1. The fraction of sp³-hybridized carbons (Fsp3) is 0.0500. The highest BCUT2D eigenvalue weighted by Gasteiger charge is 2.12. The van der Waals surface area contributed by atoms with Crippen molar-refractivity contribution >= 4 is 21.4 Å². The second kappa shape index (κ2) is 5.60. The predicted molar refractivity (Wildman–Crippen MR) is 95.2 cm³/mol. The molecule has 2 aromatic carbocycles. The molecule has 0 aliphatic heterocycles. The van der Waals surface area contributed by atoms with Crippen LogP contribution in [0.25, 0.3) is 32.3 Å². The van der Waals surface area contributed by atoms with Gasteiger partial charge in [-0.25, -0.2) is 4.39 Å². The smallest absolute Gasteiger partial charge is 0.123 e. The van der Waals surface area contributed by atoms with Crippen LogP contribution in [-0.2, 0) is 0 Å². The summed E-state index contributed by atoms with van der Waals surface area (Å²) in [6.07, 6.45) is 3.73. The third kappa shape index (κ3) is 2.43. The van der Waals surface area contributed by atoms with Gasteiger partial charge in [0.05, 0.1) is 0 Å². The number of benzene rings is 2. The molecular formula is C20H14FNS. The lowest BCUT2D eigenvalue weighted by Gasteiger charge is -2.07. The average Bonchev–Trinajstić information content (AvgIpc) is 3.00. The summed E-state index contributed by atoms with van der Waals surface area (Å²) < 4.78 is 14.4. The molecule has 1 nitrogen and oxygen atoms in total.